The van der Waals surface area contributed by atoms with Crippen molar-refractivity contribution in [1.82, 2.24) is 0 Å². The van der Waals surface area contributed by atoms with E-state index in [1.165, 1.54) is 44.9 Å². The van der Waals surface area contributed by atoms with Crippen LogP contribution in [0.5, 0.6) is 0 Å². The molecule has 3 fully saturated rings. The molecular weight excluding hydrogens is 408 g/mol. The molecule has 8 atom stereocenters. The number of aliphatic hydroxyl groups is 1. The van der Waals surface area contributed by atoms with E-state index in [2.05, 4.69) is 6.92 Å². The third-order valence-electron chi connectivity index (χ3n) is 7.61. The summed E-state index contributed by atoms with van der Waals surface area (Å²) < 4.78 is 24.3. The molecule has 4 aliphatic heterocycles. The minimum absolute atomic E-state index is 0.0246. The van der Waals surface area contributed by atoms with E-state index in [-0.39, 0.29) is 42.6 Å². The summed E-state index contributed by atoms with van der Waals surface area (Å²) in [5.74, 6) is -0.316. The van der Waals surface area contributed by atoms with Gasteiger partial charge >= 0.3 is 5.97 Å². The quantitative estimate of drug-likeness (QED) is 0.387. The molecule has 4 aliphatic rings. The van der Waals surface area contributed by atoms with Crippen molar-refractivity contribution in [2.75, 3.05) is 0 Å². The number of unbranched alkanes of at least 4 members (excludes halogenated alkanes) is 3. The Kier molecular flexibility index (Phi) is 8.66. The predicted molar refractivity (Wildman–Crippen MR) is 121 cm³/mol. The van der Waals surface area contributed by atoms with Crippen LogP contribution in [-0.4, -0.2) is 59.9 Å². The number of esters is 1. The van der Waals surface area contributed by atoms with Crippen molar-refractivity contribution in [3.8, 4) is 0 Å². The molecule has 32 heavy (non-hydrogen) atoms. The number of carbonyl (C=O) groups excluding carboxylic acids is 1. The molecule has 0 unspecified atom stereocenters. The van der Waals surface area contributed by atoms with Gasteiger partial charge in [0.1, 0.15) is 6.10 Å². The summed E-state index contributed by atoms with van der Waals surface area (Å²) in [6.07, 6.45) is 15.4. The Bertz CT molecular complexity index is 648. The average Bonchev–Trinajstić information content (AvgIpc) is 3.52. The second-order valence-corrected chi connectivity index (χ2v) is 10.2. The first kappa shape index (κ1) is 24.2. The molecule has 4 rings (SSSR count). The molecule has 0 amide bonds. The average molecular weight is 451 g/mol. The lowest BCUT2D eigenvalue weighted by Gasteiger charge is -2.34. The Morgan fingerprint density at radius 1 is 0.938 bits per heavy atom. The summed E-state index contributed by atoms with van der Waals surface area (Å²) in [6.45, 7) is 4.08. The highest BCUT2D eigenvalue weighted by molar-refractivity contribution is 5.90. The Morgan fingerprint density at radius 3 is 2.38 bits per heavy atom. The van der Waals surface area contributed by atoms with Crippen LogP contribution in [0.4, 0.5) is 0 Å². The first-order valence-corrected chi connectivity index (χ1v) is 13.1. The van der Waals surface area contributed by atoms with Crippen LogP contribution in [0.1, 0.15) is 97.3 Å². The monoisotopic (exact) mass is 450 g/mol. The molecule has 0 saturated carbocycles. The molecule has 0 bridgehead atoms. The molecular formula is C26H42O6. The van der Waals surface area contributed by atoms with Gasteiger partial charge in [-0.1, -0.05) is 32.6 Å². The third-order valence-corrected chi connectivity index (χ3v) is 7.61. The number of aliphatic hydroxyl groups excluding tert-OH is 1. The summed E-state index contributed by atoms with van der Waals surface area (Å²) in [5.41, 5.74) is 0.563. The van der Waals surface area contributed by atoms with Crippen LogP contribution in [0.25, 0.3) is 0 Å². The van der Waals surface area contributed by atoms with Gasteiger partial charge in [0.15, 0.2) is 0 Å². The van der Waals surface area contributed by atoms with E-state index < -0.39 is 6.10 Å². The Balaban J connectivity index is 1.20. The first-order chi connectivity index (χ1) is 15.5. The van der Waals surface area contributed by atoms with Crippen LogP contribution in [0.2, 0.25) is 0 Å². The zero-order chi connectivity index (χ0) is 22.5. The summed E-state index contributed by atoms with van der Waals surface area (Å²) in [4.78, 5) is 11.8. The topological polar surface area (TPSA) is 74.2 Å². The zero-order valence-corrected chi connectivity index (χ0v) is 19.9. The highest BCUT2D eigenvalue weighted by Crippen LogP contribution is 2.37. The number of ether oxygens (including phenoxy) is 4. The van der Waals surface area contributed by atoms with Gasteiger partial charge < -0.3 is 24.1 Å². The van der Waals surface area contributed by atoms with Gasteiger partial charge in [0.05, 0.1) is 42.7 Å². The summed E-state index contributed by atoms with van der Waals surface area (Å²) in [5, 5.41) is 10.6. The maximum atomic E-state index is 11.8. The molecule has 1 N–H and O–H groups in total. The predicted octanol–water partition coefficient (Wildman–Crippen LogP) is 4.61. The number of carbonyl (C=O) groups is 1. The number of cyclic esters (lactones) is 1. The van der Waals surface area contributed by atoms with Crippen molar-refractivity contribution < 1.29 is 28.8 Å². The van der Waals surface area contributed by atoms with Crippen LogP contribution in [-0.2, 0) is 23.7 Å². The zero-order valence-electron chi connectivity index (χ0n) is 19.9. The number of rotatable bonds is 10. The molecule has 0 aromatic rings. The van der Waals surface area contributed by atoms with Crippen LogP contribution >= 0.6 is 0 Å². The van der Waals surface area contributed by atoms with Gasteiger partial charge in [0, 0.05) is 12.0 Å². The molecule has 0 aromatic heterocycles. The van der Waals surface area contributed by atoms with Crippen LogP contribution in [0.3, 0.4) is 0 Å². The van der Waals surface area contributed by atoms with Crippen LogP contribution in [0, 0.1) is 0 Å². The van der Waals surface area contributed by atoms with E-state index in [4.69, 9.17) is 18.9 Å². The summed E-state index contributed by atoms with van der Waals surface area (Å²) in [6, 6.07) is 0. The van der Waals surface area contributed by atoms with Crippen LogP contribution < -0.4 is 0 Å². The van der Waals surface area contributed by atoms with Gasteiger partial charge in [-0.3, -0.25) is 0 Å². The fourth-order valence-corrected chi connectivity index (χ4v) is 5.83. The lowest BCUT2D eigenvalue weighted by atomic mass is 9.96. The second-order valence-electron chi connectivity index (χ2n) is 10.2. The van der Waals surface area contributed by atoms with Gasteiger partial charge in [-0.25, -0.2) is 4.79 Å². The normalized spacial score (nSPS) is 38.7. The van der Waals surface area contributed by atoms with Gasteiger partial charge in [0.25, 0.3) is 0 Å². The van der Waals surface area contributed by atoms with Gasteiger partial charge in [-0.05, 0) is 64.4 Å². The van der Waals surface area contributed by atoms with Gasteiger partial charge in [0.2, 0.25) is 0 Å². The third kappa shape index (κ3) is 6.13. The molecule has 6 heteroatoms. The molecule has 0 spiro atoms. The highest BCUT2D eigenvalue weighted by Gasteiger charge is 2.42. The summed E-state index contributed by atoms with van der Waals surface area (Å²) in [7, 11) is 0. The van der Waals surface area contributed by atoms with E-state index in [0.29, 0.717) is 18.1 Å². The lowest BCUT2D eigenvalue weighted by Crippen LogP contribution is -2.38. The molecule has 182 valence electrons. The largest absolute Gasteiger partial charge is 0.455 e. The van der Waals surface area contributed by atoms with E-state index in [9.17, 15) is 9.90 Å². The minimum atomic E-state index is -0.684. The Labute approximate surface area is 193 Å². The molecule has 0 aliphatic carbocycles. The maximum absolute atomic E-state index is 11.8. The number of hydrogen-bond acceptors (Lipinski definition) is 6. The molecule has 3 saturated heterocycles. The summed E-state index contributed by atoms with van der Waals surface area (Å²) >= 11 is 0. The van der Waals surface area contributed by atoms with Gasteiger partial charge in [-0.2, -0.15) is 0 Å². The van der Waals surface area contributed by atoms with Crippen molar-refractivity contribution in [2.24, 2.45) is 0 Å². The smallest absolute Gasteiger partial charge is 0.334 e. The fourth-order valence-electron chi connectivity index (χ4n) is 5.83. The standard InChI is InChI=1S/C26H42O6/c1-3-4-5-6-8-19-9-7-10-22(30-19)23-13-14-25(32-23)24-12-11-21(31-24)20(27)16-18-15-17(2)29-26(18)28/h15,17,19-25,27H,3-14,16H2,1-2H3/t17-,19+,20+,21+,22-,23+,24+,25+/m0/s1. The molecule has 6 nitrogen and oxygen atoms in total. The molecule has 0 radical (unpaired) electrons. The van der Waals surface area contributed by atoms with Crippen molar-refractivity contribution in [3.63, 3.8) is 0 Å². The Hall–Kier alpha value is -0.950. The fraction of sp³-hybridized carbons (Fsp3) is 0.885. The van der Waals surface area contributed by atoms with Crippen LogP contribution in [0.15, 0.2) is 11.6 Å². The van der Waals surface area contributed by atoms with Gasteiger partial charge in [-0.15, -0.1) is 0 Å². The minimum Gasteiger partial charge on any atom is -0.455 e. The molecule has 4 heterocycles. The van der Waals surface area contributed by atoms with Crippen molar-refractivity contribution in [3.05, 3.63) is 11.6 Å². The second kappa shape index (κ2) is 11.5. The van der Waals surface area contributed by atoms with E-state index in [1.54, 1.807) is 6.08 Å². The first-order valence-electron chi connectivity index (χ1n) is 13.1. The van der Waals surface area contributed by atoms with Crippen molar-refractivity contribution in [2.45, 2.75) is 146 Å². The van der Waals surface area contributed by atoms with E-state index >= 15 is 0 Å². The number of hydrogen-bond donors (Lipinski definition) is 1. The van der Waals surface area contributed by atoms with Crippen molar-refractivity contribution in [1.29, 1.82) is 0 Å². The maximum Gasteiger partial charge on any atom is 0.334 e. The lowest BCUT2D eigenvalue weighted by molar-refractivity contribution is -0.145. The van der Waals surface area contributed by atoms with Crippen molar-refractivity contribution >= 4 is 5.97 Å². The van der Waals surface area contributed by atoms with E-state index in [1.807, 2.05) is 6.92 Å². The molecule has 0 aromatic carbocycles. The van der Waals surface area contributed by atoms with E-state index in [0.717, 1.165) is 32.1 Å². The SMILES string of the molecule is CCCCCC[C@@H]1CCC[C@@H]([C@H]2CC[C@H]([C@H]3CC[C@H]([C@H](O)CC4=C[C@H](C)OC4=O)O3)O2)O1. The highest BCUT2D eigenvalue weighted by atomic mass is 16.6. The Morgan fingerprint density at radius 2 is 1.66 bits per heavy atom.